The van der Waals surface area contributed by atoms with E-state index in [1.807, 2.05) is 48.8 Å². The van der Waals surface area contributed by atoms with Gasteiger partial charge in [0.15, 0.2) is 16.3 Å². The normalized spacial score (nSPS) is 14.7. The Morgan fingerprint density at radius 1 is 1.04 bits per heavy atom. The molecule has 0 N–H and O–H groups in total. The second kappa shape index (κ2) is 13.5. The number of methoxy groups -OCH3 is 1. The van der Waals surface area contributed by atoms with Gasteiger partial charge < -0.3 is 23.5 Å². The van der Waals surface area contributed by atoms with Crippen LogP contribution in [-0.2, 0) is 25.6 Å². The third-order valence-electron chi connectivity index (χ3n) is 7.54. The number of nitrogens with zero attached hydrogens (tertiary/aromatic N) is 3. The molecule has 1 aliphatic rings. The molecular weight excluding hydrogens is 662 g/mol. The topological polar surface area (TPSA) is 110 Å². The van der Waals surface area contributed by atoms with E-state index in [0.717, 1.165) is 22.2 Å². The van der Waals surface area contributed by atoms with Gasteiger partial charge in [-0.3, -0.25) is 14.2 Å². The molecule has 45 heavy (non-hydrogen) atoms. The second-order valence-electron chi connectivity index (χ2n) is 10.2. The van der Waals surface area contributed by atoms with Crippen LogP contribution in [0.15, 0.2) is 61.9 Å². The molecule has 0 saturated heterocycles. The molecule has 0 aliphatic carbocycles. The van der Waals surface area contributed by atoms with Crippen LogP contribution in [0.5, 0.6) is 11.5 Å². The van der Waals surface area contributed by atoms with Crippen molar-refractivity contribution in [2.45, 2.75) is 47.2 Å². The zero-order valence-electron chi connectivity index (χ0n) is 25.9. The number of carbonyl (C=O) groups excluding carboxylic acids is 2. The Hall–Kier alpha value is -4.16. The number of aromatic nitrogens is 2. The highest BCUT2D eigenvalue weighted by atomic mass is 79.9. The summed E-state index contributed by atoms with van der Waals surface area (Å²) in [6.45, 7) is 9.96. The highest BCUT2D eigenvalue weighted by Crippen LogP contribution is 2.41. The summed E-state index contributed by atoms with van der Waals surface area (Å²) in [5, 5.41) is 0.893. The summed E-state index contributed by atoms with van der Waals surface area (Å²) in [5.41, 5.74) is 3.47. The molecule has 2 aromatic carbocycles. The summed E-state index contributed by atoms with van der Waals surface area (Å²) < 4.78 is 26.5. The molecular formula is C33H34BrN3O7S. The standard InChI is InChI=1S/C33H34BrN3O7S/c1-7-42-26-16-23(34)22(14-25(26)41-6)30-29(32(40)44-9-3)18(4)35-33-37(30)31(39)27(45-33)15-21-19(5)36(17-28(38)43-8-2)24-13-11-10-12-20(21)24/h10-16,30H,7-9,17H2,1-6H3/b27-15+/t30-/m0/s1. The Balaban J connectivity index is 1.76. The van der Waals surface area contributed by atoms with E-state index in [-0.39, 0.29) is 36.9 Å². The predicted octanol–water partition coefficient (Wildman–Crippen LogP) is 4.79. The molecule has 4 aromatic rings. The molecule has 12 heteroatoms. The number of thiazole rings is 1. The summed E-state index contributed by atoms with van der Waals surface area (Å²) in [4.78, 5) is 45.3. The molecule has 2 aromatic heterocycles. The number of hydrogen-bond donors (Lipinski definition) is 0. The molecule has 0 radical (unpaired) electrons. The Labute approximate surface area is 272 Å². The monoisotopic (exact) mass is 695 g/mol. The number of rotatable bonds is 10. The number of para-hydroxylation sites is 1. The first-order chi connectivity index (χ1) is 21.6. The summed E-state index contributed by atoms with van der Waals surface area (Å²) in [5.74, 6) is 0.0810. The van der Waals surface area contributed by atoms with Crippen molar-refractivity contribution in [3.8, 4) is 11.5 Å². The third kappa shape index (κ3) is 5.96. The number of allylic oxidation sites excluding steroid dienone is 1. The fraction of sp³-hybridized carbons (Fsp3) is 0.333. The average molecular weight is 697 g/mol. The van der Waals surface area contributed by atoms with Crippen molar-refractivity contribution in [2.24, 2.45) is 4.99 Å². The van der Waals surface area contributed by atoms with Crippen LogP contribution >= 0.6 is 27.3 Å². The first-order valence-electron chi connectivity index (χ1n) is 14.6. The van der Waals surface area contributed by atoms with E-state index in [2.05, 4.69) is 15.9 Å². The van der Waals surface area contributed by atoms with E-state index in [1.165, 1.54) is 23.0 Å². The number of fused-ring (bicyclic) bond motifs is 2. The molecule has 10 nitrogen and oxygen atoms in total. The molecule has 0 spiro atoms. The highest BCUT2D eigenvalue weighted by molar-refractivity contribution is 9.10. The molecule has 0 saturated carbocycles. The molecule has 0 bridgehead atoms. The molecule has 0 unspecified atom stereocenters. The smallest absolute Gasteiger partial charge is 0.338 e. The number of ether oxygens (including phenoxy) is 4. The lowest BCUT2D eigenvalue weighted by molar-refractivity contribution is -0.143. The van der Waals surface area contributed by atoms with Gasteiger partial charge in [-0.15, -0.1) is 0 Å². The van der Waals surface area contributed by atoms with E-state index < -0.39 is 12.0 Å². The van der Waals surface area contributed by atoms with Crippen LogP contribution in [0.25, 0.3) is 17.0 Å². The highest BCUT2D eigenvalue weighted by Gasteiger charge is 2.35. The lowest BCUT2D eigenvalue weighted by atomic mass is 9.95. The number of halogens is 1. The maximum Gasteiger partial charge on any atom is 0.338 e. The van der Waals surface area contributed by atoms with Crippen LogP contribution in [-0.4, -0.2) is 48.0 Å². The molecule has 236 valence electrons. The number of esters is 2. The van der Waals surface area contributed by atoms with Gasteiger partial charge in [-0.05, 0) is 64.5 Å². The van der Waals surface area contributed by atoms with Gasteiger partial charge in [0.2, 0.25) is 0 Å². The van der Waals surface area contributed by atoms with Crippen molar-refractivity contribution in [3.63, 3.8) is 0 Å². The minimum absolute atomic E-state index is 0.0466. The lowest BCUT2D eigenvalue weighted by Crippen LogP contribution is -2.40. The first-order valence-corrected chi connectivity index (χ1v) is 16.2. The molecule has 1 atom stereocenters. The Kier molecular flexibility index (Phi) is 9.64. The SMILES string of the molecule is CCOC(=O)Cn1c(C)c(/C=c2/sc3n(c2=O)[C@@H](c2cc(OC)c(OCC)cc2Br)C(C(=O)OCC)=C(C)N=3)c2ccccc21. The van der Waals surface area contributed by atoms with E-state index in [9.17, 15) is 14.4 Å². The summed E-state index contributed by atoms with van der Waals surface area (Å²) in [6.07, 6.45) is 1.83. The van der Waals surface area contributed by atoms with Crippen LogP contribution in [0.3, 0.4) is 0 Å². The summed E-state index contributed by atoms with van der Waals surface area (Å²) in [7, 11) is 1.54. The van der Waals surface area contributed by atoms with Crippen LogP contribution in [0.2, 0.25) is 0 Å². The predicted molar refractivity (Wildman–Crippen MR) is 176 cm³/mol. The number of carbonyl (C=O) groups is 2. The van der Waals surface area contributed by atoms with Gasteiger partial charge in [-0.25, -0.2) is 9.79 Å². The van der Waals surface area contributed by atoms with E-state index in [0.29, 0.717) is 43.2 Å². The van der Waals surface area contributed by atoms with E-state index in [4.69, 9.17) is 23.9 Å². The van der Waals surface area contributed by atoms with Gasteiger partial charge in [0, 0.05) is 26.6 Å². The average Bonchev–Trinajstić information content (AvgIpc) is 3.45. The van der Waals surface area contributed by atoms with Crippen LogP contribution < -0.4 is 24.4 Å². The summed E-state index contributed by atoms with van der Waals surface area (Å²) >= 11 is 4.89. The molecule has 0 amide bonds. The van der Waals surface area contributed by atoms with E-state index in [1.54, 1.807) is 32.9 Å². The van der Waals surface area contributed by atoms with Gasteiger partial charge in [0.25, 0.3) is 5.56 Å². The fourth-order valence-corrected chi connectivity index (χ4v) is 7.15. The van der Waals surface area contributed by atoms with Crippen molar-refractivity contribution in [1.82, 2.24) is 9.13 Å². The second-order valence-corrected chi connectivity index (χ2v) is 12.0. The minimum Gasteiger partial charge on any atom is -0.493 e. The first kappa shape index (κ1) is 32.2. The molecule has 3 heterocycles. The van der Waals surface area contributed by atoms with Crippen molar-refractivity contribution in [3.05, 3.63) is 88.6 Å². The number of benzene rings is 2. The fourth-order valence-electron chi connectivity index (χ4n) is 5.58. The molecule has 1 aliphatic heterocycles. The Bertz CT molecular complexity index is 2020. The quantitative estimate of drug-likeness (QED) is 0.219. The maximum absolute atomic E-state index is 14.3. The van der Waals surface area contributed by atoms with Crippen LogP contribution in [0.1, 0.15) is 50.6 Å². The molecule has 0 fully saturated rings. The van der Waals surface area contributed by atoms with Gasteiger partial charge in [-0.1, -0.05) is 45.5 Å². The van der Waals surface area contributed by atoms with Crippen molar-refractivity contribution in [2.75, 3.05) is 26.9 Å². The maximum atomic E-state index is 14.3. The summed E-state index contributed by atoms with van der Waals surface area (Å²) in [6, 6.07) is 10.4. The van der Waals surface area contributed by atoms with Crippen LogP contribution in [0, 0.1) is 6.92 Å². The lowest BCUT2D eigenvalue weighted by Gasteiger charge is -2.26. The van der Waals surface area contributed by atoms with Gasteiger partial charge in [0.05, 0.1) is 48.8 Å². The van der Waals surface area contributed by atoms with Crippen molar-refractivity contribution >= 4 is 56.2 Å². The van der Waals surface area contributed by atoms with E-state index >= 15 is 0 Å². The number of hydrogen-bond acceptors (Lipinski definition) is 9. The Morgan fingerprint density at radius 3 is 2.47 bits per heavy atom. The minimum atomic E-state index is -0.854. The van der Waals surface area contributed by atoms with Gasteiger partial charge in [0.1, 0.15) is 6.54 Å². The van der Waals surface area contributed by atoms with Gasteiger partial charge >= 0.3 is 11.9 Å². The zero-order valence-corrected chi connectivity index (χ0v) is 28.3. The van der Waals surface area contributed by atoms with Crippen molar-refractivity contribution in [1.29, 1.82) is 0 Å². The van der Waals surface area contributed by atoms with Gasteiger partial charge in [-0.2, -0.15) is 0 Å². The third-order valence-corrected chi connectivity index (χ3v) is 9.21. The van der Waals surface area contributed by atoms with Crippen molar-refractivity contribution < 1.29 is 28.5 Å². The largest absolute Gasteiger partial charge is 0.493 e. The zero-order chi connectivity index (χ0) is 32.4. The molecule has 5 rings (SSSR count). The van der Waals surface area contributed by atoms with Crippen LogP contribution in [0.4, 0.5) is 0 Å². The Morgan fingerprint density at radius 2 is 1.78 bits per heavy atom.